The van der Waals surface area contributed by atoms with Gasteiger partial charge < -0.3 is 23.9 Å². The van der Waals surface area contributed by atoms with E-state index in [1.807, 2.05) is 45.9 Å². The van der Waals surface area contributed by atoms with E-state index in [2.05, 4.69) is 0 Å². The molecule has 2 aliphatic heterocycles. The van der Waals surface area contributed by atoms with Crippen molar-refractivity contribution in [1.29, 1.82) is 0 Å². The average molecular weight is 606 g/mol. The molecule has 2 bridgehead atoms. The van der Waals surface area contributed by atoms with Crippen LogP contribution in [0.25, 0.3) is 11.0 Å². The first-order valence-corrected chi connectivity index (χ1v) is 16.5. The predicted octanol–water partition coefficient (Wildman–Crippen LogP) is 5.70. The van der Waals surface area contributed by atoms with Gasteiger partial charge in [0.1, 0.15) is 29.4 Å². The quantitative estimate of drug-likeness (QED) is 0.323. The molecule has 6 rings (SSSR count). The maximum atomic E-state index is 14.2. The SMILES string of the molecule is COc1ccc2nc3c(nc2c1)O[C@H]1CN(C(=O)[C@H](C(C)(C)C)CC(=O)O[C@]2(CC4CC4)C[C@H]2CCCCC3)[C@H](C=O)[C@@H]1C. The molecule has 0 unspecified atom stereocenters. The largest absolute Gasteiger partial charge is 0.497 e. The molecule has 1 saturated heterocycles. The lowest BCUT2D eigenvalue weighted by Crippen LogP contribution is -2.46. The van der Waals surface area contributed by atoms with Crippen LogP contribution in [0.2, 0.25) is 0 Å². The molecule has 9 nitrogen and oxygen atoms in total. The van der Waals surface area contributed by atoms with Gasteiger partial charge >= 0.3 is 5.97 Å². The molecule has 4 aliphatic rings. The number of carbonyl (C=O) groups excluding carboxylic acids is 3. The summed E-state index contributed by atoms with van der Waals surface area (Å²) in [6, 6.07) is 4.97. The van der Waals surface area contributed by atoms with E-state index >= 15 is 0 Å². The summed E-state index contributed by atoms with van der Waals surface area (Å²) in [5.74, 6) is 0.765. The zero-order valence-electron chi connectivity index (χ0n) is 26.8. The number of amides is 1. The predicted molar refractivity (Wildman–Crippen MR) is 165 cm³/mol. The van der Waals surface area contributed by atoms with Crippen LogP contribution in [0.15, 0.2) is 18.2 Å². The Morgan fingerprint density at radius 2 is 1.89 bits per heavy atom. The van der Waals surface area contributed by atoms with E-state index in [0.29, 0.717) is 35.4 Å². The zero-order chi connectivity index (χ0) is 31.2. The minimum Gasteiger partial charge on any atom is -0.497 e. The molecule has 6 atom stereocenters. The summed E-state index contributed by atoms with van der Waals surface area (Å²) in [6.45, 7) is 8.10. The number of nitrogens with zero attached hydrogens (tertiary/aromatic N) is 3. The van der Waals surface area contributed by atoms with Crippen LogP contribution in [0.3, 0.4) is 0 Å². The number of esters is 1. The molecule has 2 aliphatic carbocycles. The highest BCUT2D eigenvalue weighted by Gasteiger charge is 2.59. The monoisotopic (exact) mass is 605 g/mol. The van der Waals surface area contributed by atoms with Crippen LogP contribution in [0, 0.1) is 29.1 Å². The lowest BCUT2D eigenvalue weighted by molar-refractivity contribution is -0.159. The summed E-state index contributed by atoms with van der Waals surface area (Å²) >= 11 is 0. The Balaban J connectivity index is 1.34. The van der Waals surface area contributed by atoms with E-state index < -0.39 is 23.5 Å². The highest BCUT2D eigenvalue weighted by molar-refractivity contribution is 5.87. The number of fused-ring (bicyclic) bond motifs is 5. The summed E-state index contributed by atoms with van der Waals surface area (Å²) in [5, 5.41) is 0. The number of ether oxygens (including phenoxy) is 3. The fourth-order valence-electron chi connectivity index (χ4n) is 7.36. The fourth-order valence-corrected chi connectivity index (χ4v) is 7.36. The first-order chi connectivity index (χ1) is 21.0. The van der Waals surface area contributed by atoms with Gasteiger partial charge in [-0.2, -0.15) is 0 Å². The number of aldehydes is 1. The maximum absolute atomic E-state index is 14.2. The van der Waals surface area contributed by atoms with Crippen molar-refractivity contribution < 1.29 is 28.6 Å². The van der Waals surface area contributed by atoms with Gasteiger partial charge in [0, 0.05) is 17.9 Å². The standard InChI is InChI=1S/C35H47N3O6/c1-21-29(20-39)38-19-30(21)43-32-27(36-26-14-13-24(42-5)15-28(26)37-32)10-8-6-7-9-23-18-35(23,17-22-11-12-22)44-31(40)16-25(33(38)41)34(2,3)4/h13-15,20-23,25,29-30H,6-12,16-19H2,1-5H3/t21-,23+,25+,29+,30-,35+/m0/s1. The van der Waals surface area contributed by atoms with Crippen LogP contribution < -0.4 is 9.47 Å². The number of benzene rings is 1. The van der Waals surface area contributed by atoms with E-state index in [-0.39, 0.29) is 36.4 Å². The van der Waals surface area contributed by atoms with Crippen molar-refractivity contribution in [3.63, 3.8) is 0 Å². The van der Waals surface area contributed by atoms with E-state index in [4.69, 9.17) is 24.2 Å². The summed E-state index contributed by atoms with van der Waals surface area (Å²) in [4.78, 5) is 51.6. The lowest BCUT2D eigenvalue weighted by Gasteiger charge is -2.34. The first kappa shape index (κ1) is 30.8. The Bertz CT molecular complexity index is 1420. The number of aryl methyl sites for hydroxylation is 1. The van der Waals surface area contributed by atoms with Gasteiger partial charge in [-0.15, -0.1) is 0 Å². The summed E-state index contributed by atoms with van der Waals surface area (Å²) in [7, 11) is 1.62. The van der Waals surface area contributed by atoms with Crippen molar-refractivity contribution in [2.45, 2.75) is 110 Å². The van der Waals surface area contributed by atoms with Crippen LogP contribution >= 0.6 is 0 Å². The molecule has 1 amide bonds. The van der Waals surface area contributed by atoms with Crippen molar-refractivity contribution in [1.82, 2.24) is 14.9 Å². The molecule has 44 heavy (non-hydrogen) atoms. The van der Waals surface area contributed by atoms with Gasteiger partial charge in [-0.05, 0) is 55.6 Å². The molecule has 3 fully saturated rings. The Morgan fingerprint density at radius 1 is 1.09 bits per heavy atom. The van der Waals surface area contributed by atoms with Crippen molar-refractivity contribution >= 4 is 29.2 Å². The Labute approximate surface area is 260 Å². The van der Waals surface area contributed by atoms with E-state index in [9.17, 15) is 14.4 Å². The Morgan fingerprint density at radius 3 is 2.59 bits per heavy atom. The van der Waals surface area contributed by atoms with Crippen molar-refractivity contribution in [2.75, 3.05) is 13.7 Å². The smallest absolute Gasteiger partial charge is 0.307 e. The minimum atomic E-state index is -0.665. The molecule has 238 valence electrons. The van der Waals surface area contributed by atoms with Gasteiger partial charge in [0.2, 0.25) is 11.8 Å². The number of hydrogen-bond donors (Lipinski definition) is 0. The number of hydrogen-bond acceptors (Lipinski definition) is 8. The van der Waals surface area contributed by atoms with Gasteiger partial charge in [-0.3, -0.25) is 9.59 Å². The van der Waals surface area contributed by atoms with Crippen molar-refractivity contribution in [2.24, 2.45) is 29.1 Å². The minimum absolute atomic E-state index is 0.00554. The summed E-state index contributed by atoms with van der Waals surface area (Å²) in [6.07, 6.45) is 9.43. The molecule has 3 heterocycles. The third-order valence-electron chi connectivity index (χ3n) is 10.5. The van der Waals surface area contributed by atoms with Gasteiger partial charge in [0.05, 0.1) is 43.1 Å². The molecule has 1 aromatic heterocycles. The Hall–Kier alpha value is -3.23. The topological polar surface area (TPSA) is 108 Å². The Kier molecular flexibility index (Phi) is 8.35. The van der Waals surface area contributed by atoms with Crippen molar-refractivity contribution in [3.05, 3.63) is 23.9 Å². The molecule has 0 radical (unpaired) electrons. The van der Waals surface area contributed by atoms with Crippen molar-refractivity contribution in [3.8, 4) is 11.6 Å². The second-order valence-corrected chi connectivity index (χ2v) is 14.8. The van der Waals surface area contributed by atoms with Crippen LogP contribution in [-0.4, -0.2) is 64.4 Å². The van der Waals surface area contributed by atoms with Crippen LogP contribution in [0.4, 0.5) is 0 Å². The number of methoxy groups -OCH3 is 1. The lowest BCUT2D eigenvalue weighted by atomic mass is 9.77. The molecular weight excluding hydrogens is 558 g/mol. The average Bonchev–Trinajstić information content (AvgIpc) is 3.89. The van der Waals surface area contributed by atoms with E-state index in [0.717, 1.165) is 56.0 Å². The molecule has 2 aromatic rings. The highest BCUT2D eigenvalue weighted by Crippen LogP contribution is 2.57. The van der Waals surface area contributed by atoms with Gasteiger partial charge in [0.15, 0.2) is 0 Å². The zero-order valence-corrected chi connectivity index (χ0v) is 26.8. The van der Waals surface area contributed by atoms with Gasteiger partial charge in [0.25, 0.3) is 0 Å². The summed E-state index contributed by atoms with van der Waals surface area (Å²) in [5.41, 5.74) is 1.35. The van der Waals surface area contributed by atoms with Gasteiger partial charge in [-0.25, -0.2) is 9.97 Å². The molecule has 0 spiro atoms. The third-order valence-corrected chi connectivity index (χ3v) is 10.5. The molecule has 0 N–H and O–H groups in total. The van der Waals surface area contributed by atoms with Gasteiger partial charge in [-0.1, -0.05) is 53.4 Å². The molecule has 2 saturated carbocycles. The first-order valence-electron chi connectivity index (χ1n) is 16.5. The van der Waals surface area contributed by atoms with E-state index in [1.165, 1.54) is 12.8 Å². The normalized spacial score (nSPS) is 31.7. The van der Waals surface area contributed by atoms with Crippen LogP contribution in [-0.2, 0) is 25.5 Å². The van der Waals surface area contributed by atoms with Crippen LogP contribution in [0.1, 0.15) is 91.2 Å². The third kappa shape index (κ3) is 6.29. The van der Waals surface area contributed by atoms with E-state index in [1.54, 1.807) is 12.0 Å². The molecule has 1 aromatic carbocycles. The number of aromatic nitrogens is 2. The second-order valence-electron chi connectivity index (χ2n) is 14.8. The second kappa shape index (κ2) is 11.9. The van der Waals surface area contributed by atoms with Crippen LogP contribution in [0.5, 0.6) is 11.6 Å². The number of rotatable bonds is 4. The molecule has 9 heteroatoms. The molecular formula is C35H47N3O6. The highest BCUT2D eigenvalue weighted by atomic mass is 16.6. The summed E-state index contributed by atoms with van der Waals surface area (Å²) < 4.78 is 18.3. The fraction of sp³-hybridized carbons (Fsp3) is 0.686. The number of carbonyl (C=O) groups is 3. The maximum Gasteiger partial charge on any atom is 0.307 e.